The Balaban J connectivity index is 1.83. The van der Waals surface area contributed by atoms with Crippen LogP contribution in [0.15, 0.2) is 42.5 Å². The summed E-state index contributed by atoms with van der Waals surface area (Å²) in [6.07, 6.45) is 4.58. The van der Waals surface area contributed by atoms with Crippen LogP contribution in [-0.4, -0.2) is 34.9 Å². The van der Waals surface area contributed by atoms with E-state index in [4.69, 9.17) is 6.57 Å². The monoisotopic (exact) mass is 385 g/mol. The molecule has 0 unspecified atom stereocenters. The maximum atomic E-state index is 13.4. The molecule has 1 aliphatic rings. The Morgan fingerprint density at radius 3 is 2.45 bits per heavy atom. The second-order valence-electron chi connectivity index (χ2n) is 7.89. The summed E-state index contributed by atoms with van der Waals surface area (Å²) in [4.78, 5) is 19.2. The van der Waals surface area contributed by atoms with Crippen LogP contribution in [0.3, 0.4) is 0 Å². The first-order chi connectivity index (χ1) is 14.1. The van der Waals surface area contributed by atoms with E-state index >= 15 is 0 Å². The Labute approximate surface area is 172 Å². The third kappa shape index (κ3) is 3.71. The maximum Gasteiger partial charge on any atom is 0.187 e. The number of piperidine rings is 1. The van der Waals surface area contributed by atoms with Gasteiger partial charge < -0.3 is 4.57 Å². The minimum atomic E-state index is 0.208. The largest absolute Gasteiger partial charge is 0.313 e. The Morgan fingerprint density at radius 1 is 1.07 bits per heavy atom. The molecule has 0 saturated carbocycles. The van der Waals surface area contributed by atoms with Crippen LogP contribution >= 0.6 is 0 Å². The van der Waals surface area contributed by atoms with Crippen molar-refractivity contribution in [3.8, 4) is 5.69 Å². The summed E-state index contributed by atoms with van der Waals surface area (Å²) in [5, 5.41) is 1.04. The van der Waals surface area contributed by atoms with Gasteiger partial charge in [-0.25, -0.2) is 4.85 Å². The van der Waals surface area contributed by atoms with Gasteiger partial charge in [-0.3, -0.25) is 9.69 Å². The average molecular weight is 386 g/mol. The molecule has 0 amide bonds. The molecule has 0 radical (unpaired) electrons. The molecule has 4 heteroatoms. The van der Waals surface area contributed by atoms with Gasteiger partial charge in [0.25, 0.3) is 0 Å². The van der Waals surface area contributed by atoms with Crippen molar-refractivity contribution in [1.29, 1.82) is 0 Å². The lowest BCUT2D eigenvalue weighted by Crippen LogP contribution is -2.34. The van der Waals surface area contributed by atoms with Gasteiger partial charge in [-0.15, -0.1) is 0 Å². The summed E-state index contributed by atoms with van der Waals surface area (Å²) < 4.78 is 2.16. The number of fused-ring (bicyclic) bond motifs is 1. The lowest BCUT2D eigenvalue weighted by atomic mass is 10.0. The minimum absolute atomic E-state index is 0.208. The fraction of sp³-hybridized carbons (Fsp3) is 0.360. The lowest BCUT2D eigenvalue weighted by Gasteiger charge is -2.25. The zero-order chi connectivity index (χ0) is 20.4. The number of nitrogens with zero attached hydrogens (tertiary/aromatic N) is 3. The van der Waals surface area contributed by atoms with E-state index in [9.17, 15) is 4.79 Å². The standard InChI is InChI=1S/C25H27N3O/c1-4-19-8-13-23-22(16-19)25(24(29)17-27-14-6-5-7-15-27)18(2)28(23)21-11-9-20(26-3)10-12-21/h8-13,16H,4-7,14-15,17H2,1-2H3. The van der Waals surface area contributed by atoms with Crippen molar-refractivity contribution in [2.45, 2.75) is 39.5 Å². The molecule has 4 rings (SSSR count). The number of carbonyl (C=O) groups is 1. The van der Waals surface area contributed by atoms with Crippen LogP contribution in [-0.2, 0) is 6.42 Å². The second-order valence-corrected chi connectivity index (χ2v) is 7.89. The highest BCUT2D eigenvalue weighted by Gasteiger charge is 2.23. The number of likely N-dealkylation sites (tertiary alicyclic amines) is 1. The van der Waals surface area contributed by atoms with E-state index in [-0.39, 0.29) is 5.78 Å². The zero-order valence-corrected chi connectivity index (χ0v) is 17.2. The van der Waals surface area contributed by atoms with Gasteiger partial charge in [0, 0.05) is 22.3 Å². The van der Waals surface area contributed by atoms with Crippen LogP contribution in [0.1, 0.15) is 47.8 Å². The van der Waals surface area contributed by atoms with Gasteiger partial charge in [0.05, 0.1) is 18.6 Å². The number of hydrogen-bond acceptors (Lipinski definition) is 2. The first-order valence-electron chi connectivity index (χ1n) is 10.5. The molecule has 2 aromatic carbocycles. The van der Waals surface area contributed by atoms with Crippen LogP contribution in [0.25, 0.3) is 21.4 Å². The maximum absolute atomic E-state index is 13.4. The zero-order valence-electron chi connectivity index (χ0n) is 17.2. The quantitative estimate of drug-likeness (QED) is 0.415. The number of hydrogen-bond donors (Lipinski definition) is 0. The van der Waals surface area contributed by atoms with Crippen molar-refractivity contribution in [1.82, 2.24) is 9.47 Å². The van der Waals surface area contributed by atoms with Crippen molar-refractivity contribution in [2.24, 2.45) is 0 Å². The predicted octanol–water partition coefficient (Wildman–Crippen LogP) is 5.72. The Kier molecular flexibility index (Phi) is 5.51. The molecular weight excluding hydrogens is 358 g/mol. The predicted molar refractivity (Wildman–Crippen MR) is 118 cm³/mol. The highest BCUT2D eigenvalue weighted by atomic mass is 16.1. The molecule has 3 aromatic rings. The van der Waals surface area contributed by atoms with E-state index in [2.05, 4.69) is 39.4 Å². The minimum Gasteiger partial charge on any atom is -0.313 e. The molecule has 29 heavy (non-hydrogen) atoms. The number of aryl methyl sites for hydroxylation is 1. The first kappa shape index (κ1) is 19.4. The van der Waals surface area contributed by atoms with E-state index < -0.39 is 0 Å². The summed E-state index contributed by atoms with van der Waals surface area (Å²) in [6.45, 7) is 13.9. The number of carbonyl (C=O) groups excluding carboxylic acids is 1. The molecule has 1 saturated heterocycles. The van der Waals surface area contributed by atoms with Crippen molar-refractivity contribution in [3.05, 3.63) is 70.7 Å². The first-order valence-corrected chi connectivity index (χ1v) is 10.5. The van der Waals surface area contributed by atoms with Crippen LogP contribution in [0.5, 0.6) is 0 Å². The summed E-state index contributed by atoms with van der Waals surface area (Å²) >= 11 is 0. The molecule has 2 heterocycles. The SMILES string of the molecule is [C-]#[N+]c1ccc(-n2c(C)c(C(=O)CN3CCCCC3)c3cc(CC)ccc32)cc1. The molecule has 0 spiro atoms. The van der Waals surface area contributed by atoms with Gasteiger partial charge in [-0.1, -0.05) is 31.5 Å². The summed E-state index contributed by atoms with van der Waals surface area (Å²) in [5.41, 5.74) is 5.72. The van der Waals surface area contributed by atoms with E-state index in [1.165, 1.54) is 24.8 Å². The topological polar surface area (TPSA) is 29.6 Å². The number of benzene rings is 2. The number of rotatable bonds is 5. The Morgan fingerprint density at radius 2 is 1.79 bits per heavy atom. The van der Waals surface area contributed by atoms with Crippen molar-refractivity contribution < 1.29 is 4.79 Å². The molecule has 1 aromatic heterocycles. The third-order valence-corrected chi connectivity index (χ3v) is 6.01. The number of aromatic nitrogens is 1. The van der Waals surface area contributed by atoms with E-state index in [0.29, 0.717) is 12.2 Å². The van der Waals surface area contributed by atoms with Gasteiger partial charge in [0.1, 0.15) is 0 Å². The normalized spacial score (nSPS) is 14.8. The molecule has 4 nitrogen and oxygen atoms in total. The molecule has 1 aliphatic heterocycles. The molecule has 0 N–H and O–H groups in total. The van der Waals surface area contributed by atoms with E-state index in [1.807, 2.05) is 31.2 Å². The highest BCUT2D eigenvalue weighted by molar-refractivity contribution is 6.11. The second kappa shape index (κ2) is 8.23. The van der Waals surface area contributed by atoms with Crippen LogP contribution < -0.4 is 0 Å². The van der Waals surface area contributed by atoms with Gasteiger partial charge in [0.15, 0.2) is 11.5 Å². The average Bonchev–Trinajstić information content (AvgIpc) is 3.05. The highest BCUT2D eigenvalue weighted by Crippen LogP contribution is 2.31. The smallest absolute Gasteiger partial charge is 0.187 e. The van der Waals surface area contributed by atoms with Crippen molar-refractivity contribution in [3.63, 3.8) is 0 Å². The van der Waals surface area contributed by atoms with Crippen LogP contribution in [0.2, 0.25) is 0 Å². The molecule has 1 fully saturated rings. The van der Waals surface area contributed by atoms with E-state index in [0.717, 1.165) is 47.4 Å². The van der Waals surface area contributed by atoms with Crippen molar-refractivity contribution in [2.75, 3.05) is 19.6 Å². The molecule has 0 atom stereocenters. The number of ketones is 1. The third-order valence-electron chi connectivity index (χ3n) is 6.01. The Hall–Kier alpha value is -2.90. The van der Waals surface area contributed by atoms with Gasteiger partial charge in [0.2, 0.25) is 0 Å². The van der Waals surface area contributed by atoms with Crippen LogP contribution in [0, 0.1) is 13.5 Å². The molecule has 0 aliphatic carbocycles. The van der Waals surface area contributed by atoms with Crippen LogP contribution in [0.4, 0.5) is 5.69 Å². The summed E-state index contributed by atoms with van der Waals surface area (Å²) in [7, 11) is 0. The summed E-state index contributed by atoms with van der Waals surface area (Å²) in [6, 6.07) is 14.0. The fourth-order valence-electron chi connectivity index (χ4n) is 4.45. The van der Waals surface area contributed by atoms with E-state index in [1.54, 1.807) is 0 Å². The summed E-state index contributed by atoms with van der Waals surface area (Å²) in [5.74, 6) is 0.208. The fourth-order valence-corrected chi connectivity index (χ4v) is 4.45. The lowest BCUT2D eigenvalue weighted by molar-refractivity contribution is 0.0916. The van der Waals surface area contributed by atoms with Gasteiger partial charge in [-0.2, -0.15) is 0 Å². The molecule has 0 bridgehead atoms. The number of Topliss-reactive ketones (excluding diaryl/α,β-unsaturated/α-hetero) is 1. The van der Waals surface area contributed by atoms with Gasteiger partial charge in [-0.05, 0) is 69.1 Å². The Bertz CT molecular complexity index is 1080. The van der Waals surface area contributed by atoms with Crippen molar-refractivity contribution >= 4 is 22.4 Å². The molecular formula is C25H27N3O. The van der Waals surface area contributed by atoms with Gasteiger partial charge >= 0.3 is 0 Å². The molecule has 148 valence electrons.